The zero-order chi connectivity index (χ0) is 15.8. The lowest BCUT2D eigenvalue weighted by molar-refractivity contribution is -0.139. The van der Waals surface area contributed by atoms with Gasteiger partial charge in [0.15, 0.2) is 10.9 Å². The lowest BCUT2D eigenvalue weighted by Gasteiger charge is -2.38. The standard InChI is InChI=1S/C10H14N4O6S/c1-6(10(17)20-2)21(18,19)13-3-7(4-13)14-5-8(9(15)16)11-12-14/h5-7H,3-4H2,1-2H3,(H,15,16). The third-order valence-electron chi connectivity index (χ3n) is 3.27. The molecule has 0 radical (unpaired) electrons. The quantitative estimate of drug-likeness (QED) is 0.664. The lowest BCUT2D eigenvalue weighted by Crippen LogP contribution is -2.54. The summed E-state index contributed by atoms with van der Waals surface area (Å²) in [4.78, 5) is 22.0. The van der Waals surface area contributed by atoms with Crippen molar-refractivity contribution in [3.63, 3.8) is 0 Å². The minimum Gasteiger partial charge on any atom is -0.476 e. The zero-order valence-electron chi connectivity index (χ0n) is 11.3. The summed E-state index contributed by atoms with van der Waals surface area (Å²) >= 11 is 0. The summed E-state index contributed by atoms with van der Waals surface area (Å²) in [7, 11) is -2.66. The normalized spacial score (nSPS) is 18.0. The van der Waals surface area contributed by atoms with Gasteiger partial charge in [0.2, 0.25) is 10.0 Å². The van der Waals surface area contributed by atoms with Gasteiger partial charge < -0.3 is 9.84 Å². The van der Waals surface area contributed by atoms with Crippen molar-refractivity contribution in [3.8, 4) is 0 Å². The number of aromatic nitrogens is 3. The van der Waals surface area contributed by atoms with Crippen LogP contribution in [0.25, 0.3) is 0 Å². The Balaban J connectivity index is 2.02. The van der Waals surface area contributed by atoms with Gasteiger partial charge in [-0.25, -0.2) is 17.9 Å². The zero-order valence-corrected chi connectivity index (χ0v) is 12.1. The van der Waals surface area contributed by atoms with E-state index >= 15 is 0 Å². The number of aromatic carboxylic acids is 1. The van der Waals surface area contributed by atoms with Crippen LogP contribution < -0.4 is 0 Å². The molecule has 1 aliphatic heterocycles. The number of hydrogen-bond donors (Lipinski definition) is 1. The number of hydrogen-bond acceptors (Lipinski definition) is 7. The molecule has 1 aliphatic rings. The van der Waals surface area contributed by atoms with Gasteiger partial charge >= 0.3 is 11.9 Å². The number of methoxy groups -OCH3 is 1. The maximum Gasteiger partial charge on any atom is 0.358 e. The summed E-state index contributed by atoms with van der Waals surface area (Å²) in [6, 6.07) is -0.301. The van der Waals surface area contributed by atoms with E-state index in [1.165, 1.54) is 17.8 Å². The number of carboxylic acid groups (broad SMARTS) is 1. The van der Waals surface area contributed by atoms with E-state index in [9.17, 15) is 18.0 Å². The summed E-state index contributed by atoms with van der Waals surface area (Å²) < 4.78 is 31.0. The van der Waals surface area contributed by atoms with Crippen LogP contribution in [0.5, 0.6) is 0 Å². The Morgan fingerprint density at radius 1 is 1.48 bits per heavy atom. The molecular formula is C10H14N4O6S. The molecule has 1 unspecified atom stereocenters. The molecule has 0 bridgehead atoms. The molecule has 1 atom stereocenters. The fraction of sp³-hybridized carbons (Fsp3) is 0.600. The van der Waals surface area contributed by atoms with E-state index in [2.05, 4.69) is 15.0 Å². The van der Waals surface area contributed by atoms with Crippen molar-refractivity contribution < 1.29 is 27.9 Å². The Hall–Kier alpha value is -2.01. The molecule has 0 aromatic carbocycles. The van der Waals surface area contributed by atoms with Crippen LogP contribution in [-0.2, 0) is 19.6 Å². The van der Waals surface area contributed by atoms with E-state index in [1.54, 1.807) is 0 Å². The molecular weight excluding hydrogens is 304 g/mol. The molecule has 1 aromatic rings. The Labute approximate surface area is 120 Å². The van der Waals surface area contributed by atoms with Crippen LogP contribution in [0.3, 0.4) is 0 Å². The molecule has 2 heterocycles. The summed E-state index contributed by atoms with van der Waals surface area (Å²) in [6.07, 6.45) is 1.24. The third-order valence-corrected chi connectivity index (χ3v) is 5.38. The Morgan fingerprint density at radius 3 is 2.57 bits per heavy atom. The summed E-state index contributed by atoms with van der Waals surface area (Å²) in [5, 5.41) is 14.6. The summed E-state index contributed by atoms with van der Waals surface area (Å²) in [6.45, 7) is 1.46. The third kappa shape index (κ3) is 2.74. The molecule has 0 amide bonds. The number of esters is 1. The predicted molar refractivity (Wildman–Crippen MR) is 68.0 cm³/mol. The first kappa shape index (κ1) is 15.4. The van der Waals surface area contributed by atoms with E-state index in [-0.39, 0.29) is 24.8 Å². The van der Waals surface area contributed by atoms with Crippen molar-refractivity contribution in [2.75, 3.05) is 20.2 Å². The highest BCUT2D eigenvalue weighted by molar-refractivity contribution is 7.90. The van der Waals surface area contributed by atoms with E-state index in [0.29, 0.717) is 0 Å². The maximum atomic E-state index is 12.1. The molecule has 0 aliphatic carbocycles. The SMILES string of the molecule is COC(=O)C(C)S(=O)(=O)N1CC(n2cc(C(=O)O)nn2)C1. The van der Waals surface area contributed by atoms with E-state index < -0.39 is 27.2 Å². The van der Waals surface area contributed by atoms with Crippen molar-refractivity contribution in [2.45, 2.75) is 18.2 Å². The molecule has 11 heteroatoms. The monoisotopic (exact) mass is 318 g/mol. The molecule has 0 spiro atoms. The van der Waals surface area contributed by atoms with Crippen molar-refractivity contribution in [2.24, 2.45) is 0 Å². The molecule has 0 saturated carbocycles. The van der Waals surface area contributed by atoms with Crippen molar-refractivity contribution in [1.29, 1.82) is 0 Å². The van der Waals surface area contributed by atoms with Gasteiger partial charge in [-0.05, 0) is 6.92 Å². The first-order valence-corrected chi connectivity index (χ1v) is 7.49. The average Bonchev–Trinajstić information content (AvgIpc) is 2.84. The molecule has 116 valence electrons. The number of rotatable bonds is 5. The van der Waals surface area contributed by atoms with E-state index in [0.717, 1.165) is 11.4 Å². The fourth-order valence-corrected chi connectivity index (χ4v) is 3.40. The van der Waals surface area contributed by atoms with Crippen LogP contribution in [0.1, 0.15) is 23.5 Å². The minimum absolute atomic E-state index is 0.103. The van der Waals surface area contributed by atoms with Crippen LogP contribution >= 0.6 is 0 Å². The van der Waals surface area contributed by atoms with Crippen molar-refractivity contribution in [3.05, 3.63) is 11.9 Å². The first-order chi connectivity index (χ1) is 9.77. The molecule has 10 nitrogen and oxygen atoms in total. The van der Waals surface area contributed by atoms with Gasteiger partial charge in [-0.2, -0.15) is 4.31 Å². The van der Waals surface area contributed by atoms with Crippen LogP contribution in [0.4, 0.5) is 0 Å². The van der Waals surface area contributed by atoms with E-state index in [1.807, 2.05) is 0 Å². The molecule has 21 heavy (non-hydrogen) atoms. The lowest BCUT2D eigenvalue weighted by atomic mass is 10.2. The fourth-order valence-electron chi connectivity index (χ4n) is 1.86. The molecule has 1 fully saturated rings. The van der Waals surface area contributed by atoms with Crippen LogP contribution in [0, 0.1) is 0 Å². The Bertz CT molecular complexity index is 663. The minimum atomic E-state index is -3.78. The molecule has 2 rings (SSSR count). The highest BCUT2D eigenvalue weighted by Gasteiger charge is 2.43. The number of sulfonamides is 1. The second-order valence-electron chi connectivity index (χ2n) is 4.57. The Kier molecular flexibility index (Phi) is 3.96. The van der Waals surface area contributed by atoms with Crippen molar-refractivity contribution >= 4 is 22.0 Å². The second-order valence-corrected chi connectivity index (χ2v) is 6.82. The molecule has 1 saturated heterocycles. The largest absolute Gasteiger partial charge is 0.476 e. The number of carboxylic acids is 1. The van der Waals surface area contributed by atoms with E-state index in [4.69, 9.17) is 5.11 Å². The predicted octanol–water partition coefficient (Wildman–Crippen LogP) is -1.28. The number of carbonyl (C=O) groups is 2. The smallest absolute Gasteiger partial charge is 0.358 e. The van der Waals surface area contributed by atoms with Gasteiger partial charge in [0, 0.05) is 13.1 Å². The van der Waals surface area contributed by atoms with Gasteiger partial charge in [0.1, 0.15) is 0 Å². The van der Waals surface area contributed by atoms with Crippen LogP contribution in [-0.4, -0.2) is 70.2 Å². The number of carbonyl (C=O) groups excluding carboxylic acids is 1. The number of nitrogens with zero attached hydrogens (tertiary/aromatic N) is 4. The maximum absolute atomic E-state index is 12.1. The highest BCUT2D eigenvalue weighted by atomic mass is 32.2. The van der Waals surface area contributed by atoms with Gasteiger partial charge in [0.25, 0.3) is 0 Å². The molecule has 1 N–H and O–H groups in total. The van der Waals surface area contributed by atoms with Crippen LogP contribution in [0.2, 0.25) is 0 Å². The van der Waals surface area contributed by atoms with Crippen LogP contribution in [0.15, 0.2) is 6.20 Å². The van der Waals surface area contributed by atoms with Crippen molar-refractivity contribution in [1.82, 2.24) is 19.3 Å². The number of ether oxygens (including phenoxy) is 1. The average molecular weight is 318 g/mol. The molecule has 1 aromatic heterocycles. The van der Waals surface area contributed by atoms with Gasteiger partial charge in [-0.15, -0.1) is 5.10 Å². The summed E-state index contributed by atoms with van der Waals surface area (Å²) in [5.41, 5.74) is -0.209. The second kappa shape index (κ2) is 5.41. The van der Waals surface area contributed by atoms with Gasteiger partial charge in [-0.1, -0.05) is 5.21 Å². The van der Waals surface area contributed by atoms with Gasteiger partial charge in [-0.3, -0.25) is 4.79 Å². The highest BCUT2D eigenvalue weighted by Crippen LogP contribution is 2.26. The first-order valence-electron chi connectivity index (χ1n) is 5.99. The summed E-state index contributed by atoms with van der Waals surface area (Å²) in [5.74, 6) is -2.03. The topological polar surface area (TPSA) is 132 Å². The van der Waals surface area contributed by atoms with Gasteiger partial charge in [0.05, 0.1) is 19.3 Å². The Morgan fingerprint density at radius 2 is 2.10 bits per heavy atom.